The molecule has 0 aliphatic heterocycles. The molecule has 0 aliphatic rings. The van der Waals surface area contributed by atoms with Crippen molar-refractivity contribution >= 4 is 10.9 Å². The fourth-order valence-corrected chi connectivity index (χ4v) is 1.62. The summed E-state index contributed by atoms with van der Waals surface area (Å²) in [5.41, 5.74) is 2.06. The van der Waals surface area contributed by atoms with Crippen LogP contribution in [0.1, 0.15) is 0 Å². The van der Waals surface area contributed by atoms with Crippen LogP contribution in [-0.4, -0.2) is 14.9 Å². The van der Waals surface area contributed by atoms with Gasteiger partial charge in [0.15, 0.2) is 5.76 Å². The minimum atomic E-state index is 0.720. The lowest BCUT2D eigenvalue weighted by Crippen LogP contribution is -1.88. The Bertz CT molecular complexity index is 595. The first-order chi connectivity index (χ1) is 7.34. The number of hydrogen-bond donors (Lipinski definition) is 0. The highest BCUT2D eigenvalue weighted by molar-refractivity contribution is 5.83. The Balaban J connectivity index is 2.25. The first-order valence-corrected chi connectivity index (χ1v) is 4.59. The van der Waals surface area contributed by atoms with Gasteiger partial charge in [-0.3, -0.25) is 4.68 Å². The van der Waals surface area contributed by atoms with Crippen LogP contribution in [0.15, 0.2) is 35.0 Å². The Kier molecular flexibility index (Phi) is 1.62. The fraction of sp³-hybridized carbons (Fsp3) is 0.0909. The maximum Gasteiger partial charge on any atom is 0.167 e. The van der Waals surface area contributed by atoms with Crippen LogP contribution in [0.4, 0.5) is 0 Å². The average molecular weight is 198 g/mol. The van der Waals surface area contributed by atoms with Gasteiger partial charge in [0, 0.05) is 24.1 Å². The van der Waals surface area contributed by atoms with E-state index in [1.54, 1.807) is 6.07 Å². The lowest BCUT2D eigenvalue weighted by atomic mass is 10.1. The van der Waals surface area contributed by atoms with Crippen LogP contribution >= 0.6 is 0 Å². The monoisotopic (exact) mass is 198 g/mol. The Morgan fingerprint density at radius 3 is 3.13 bits per heavy atom. The van der Waals surface area contributed by atoms with Crippen LogP contribution in [0.5, 0.6) is 0 Å². The Morgan fingerprint density at radius 2 is 2.33 bits per heavy atom. The van der Waals surface area contributed by atoms with Crippen molar-refractivity contribution in [2.45, 2.75) is 0 Å². The molecule has 73 valence electrons. The summed E-state index contributed by atoms with van der Waals surface area (Å²) >= 11 is 0. The second-order valence-corrected chi connectivity index (χ2v) is 3.36. The molecule has 15 heavy (non-hydrogen) atoms. The zero-order valence-electron chi connectivity index (χ0n) is 8.14. The molecule has 3 aromatic rings. The molecule has 4 heteroatoms. The number of hydrogen-bond acceptors (Lipinski definition) is 3. The summed E-state index contributed by atoms with van der Waals surface area (Å²) in [4.78, 5) is 0. The van der Waals surface area contributed by atoms with Gasteiger partial charge in [0.2, 0.25) is 0 Å². The van der Waals surface area contributed by atoms with E-state index in [9.17, 15) is 0 Å². The minimum Gasteiger partial charge on any atom is -0.356 e. The standard InChI is InChI=1S/C11H8N3O/c1-14-10-6-8(11-4-5-13-15-11)2-3-9(10)7-12-14/h2-4,6-7H,1H3. The third kappa shape index (κ3) is 1.22. The molecule has 3 rings (SSSR count). The molecule has 0 fully saturated rings. The van der Waals surface area contributed by atoms with Gasteiger partial charge in [0.05, 0.1) is 11.7 Å². The van der Waals surface area contributed by atoms with Crippen molar-refractivity contribution in [1.29, 1.82) is 0 Å². The van der Waals surface area contributed by atoms with Gasteiger partial charge in [0.25, 0.3) is 0 Å². The Morgan fingerprint density at radius 1 is 1.40 bits per heavy atom. The molecule has 0 bridgehead atoms. The molecule has 0 unspecified atom stereocenters. The van der Waals surface area contributed by atoms with E-state index in [0.29, 0.717) is 0 Å². The van der Waals surface area contributed by atoms with E-state index in [0.717, 1.165) is 22.2 Å². The van der Waals surface area contributed by atoms with Gasteiger partial charge in [-0.1, -0.05) is 17.3 Å². The lowest BCUT2D eigenvalue weighted by molar-refractivity contribution is 0.431. The second-order valence-electron chi connectivity index (χ2n) is 3.36. The summed E-state index contributed by atoms with van der Waals surface area (Å²) in [5, 5.41) is 8.86. The summed E-state index contributed by atoms with van der Waals surface area (Å²) in [6.07, 6.45) is 4.48. The van der Waals surface area contributed by atoms with Crippen molar-refractivity contribution in [3.05, 3.63) is 36.7 Å². The van der Waals surface area contributed by atoms with Crippen molar-refractivity contribution in [2.75, 3.05) is 0 Å². The van der Waals surface area contributed by atoms with Gasteiger partial charge in [-0.15, -0.1) is 0 Å². The van der Waals surface area contributed by atoms with E-state index in [4.69, 9.17) is 4.52 Å². The number of aromatic nitrogens is 3. The SMILES string of the molecule is Cn1ncc2ccc(-c3c[c]no3)cc21. The maximum absolute atomic E-state index is 5.05. The summed E-state index contributed by atoms with van der Waals surface area (Å²) in [7, 11) is 1.92. The lowest BCUT2D eigenvalue weighted by Gasteiger charge is -1.97. The van der Waals surface area contributed by atoms with Crippen LogP contribution in [0.25, 0.3) is 22.2 Å². The largest absolute Gasteiger partial charge is 0.356 e. The molecule has 1 aromatic carbocycles. The molecule has 1 radical (unpaired) electrons. The van der Waals surface area contributed by atoms with E-state index >= 15 is 0 Å². The number of fused-ring (bicyclic) bond motifs is 1. The van der Waals surface area contributed by atoms with Gasteiger partial charge >= 0.3 is 0 Å². The van der Waals surface area contributed by atoms with E-state index < -0.39 is 0 Å². The molecule has 2 heterocycles. The van der Waals surface area contributed by atoms with Crippen molar-refractivity contribution < 1.29 is 4.52 Å². The smallest absolute Gasteiger partial charge is 0.167 e. The van der Waals surface area contributed by atoms with Crippen molar-refractivity contribution in [1.82, 2.24) is 14.9 Å². The number of rotatable bonds is 1. The van der Waals surface area contributed by atoms with Crippen molar-refractivity contribution in [3.8, 4) is 11.3 Å². The van der Waals surface area contributed by atoms with Gasteiger partial charge < -0.3 is 4.52 Å². The first-order valence-electron chi connectivity index (χ1n) is 4.59. The molecule has 0 saturated carbocycles. The summed E-state index contributed by atoms with van der Waals surface area (Å²) in [5.74, 6) is 0.720. The van der Waals surface area contributed by atoms with Crippen molar-refractivity contribution in [3.63, 3.8) is 0 Å². The van der Waals surface area contributed by atoms with Crippen LogP contribution in [0.2, 0.25) is 0 Å². The zero-order chi connectivity index (χ0) is 10.3. The molecule has 0 spiro atoms. The highest BCUT2D eigenvalue weighted by Gasteiger charge is 2.05. The van der Waals surface area contributed by atoms with Gasteiger partial charge in [0.1, 0.15) is 6.20 Å². The number of aryl methyl sites for hydroxylation is 1. The molecular weight excluding hydrogens is 190 g/mol. The van der Waals surface area contributed by atoms with Gasteiger partial charge in [-0.25, -0.2) is 0 Å². The number of nitrogens with zero attached hydrogens (tertiary/aromatic N) is 3. The molecule has 0 N–H and O–H groups in total. The van der Waals surface area contributed by atoms with Gasteiger partial charge in [-0.2, -0.15) is 5.10 Å². The van der Waals surface area contributed by atoms with E-state index in [1.807, 2.05) is 36.1 Å². The van der Waals surface area contributed by atoms with Crippen LogP contribution in [0, 0.1) is 6.20 Å². The quantitative estimate of drug-likeness (QED) is 0.601. The minimum absolute atomic E-state index is 0.720. The normalized spacial score (nSPS) is 11.0. The first kappa shape index (κ1) is 8.23. The molecule has 2 aromatic heterocycles. The topological polar surface area (TPSA) is 43.9 Å². The van der Waals surface area contributed by atoms with Crippen molar-refractivity contribution in [2.24, 2.45) is 7.05 Å². The Labute approximate surface area is 86.1 Å². The predicted molar refractivity (Wildman–Crippen MR) is 55.0 cm³/mol. The fourth-order valence-electron chi connectivity index (χ4n) is 1.62. The maximum atomic E-state index is 5.05. The third-order valence-corrected chi connectivity index (χ3v) is 2.43. The van der Waals surface area contributed by atoms with Crippen LogP contribution in [-0.2, 0) is 7.05 Å². The molecular formula is C11H8N3O. The average Bonchev–Trinajstić information content (AvgIpc) is 2.88. The highest BCUT2D eigenvalue weighted by Crippen LogP contribution is 2.23. The zero-order valence-corrected chi connectivity index (χ0v) is 8.14. The van der Waals surface area contributed by atoms with E-state index in [-0.39, 0.29) is 0 Å². The van der Waals surface area contributed by atoms with Crippen LogP contribution in [0.3, 0.4) is 0 Å². The van der Waals surface area contributed by atoms with E-state index in [1.165, 1.54) is 0 Å². The third-order valence-electron chi connectivity index (χ3n) is 2.43. The molecule has 0 saturated heterocycles. The molecule has 0 aliphatic carbocycles. The summed E-state index contributed by atoms with van der Waals surface area (Å²) in [6, 6.07) is 7.74. The second kappa shape index (κ2) is 2.95. The van der Waals surface area contributed by atoms with Crippen LogP contribution < -0.4 is 0 Å². The highest BCUT2D eigenvalue weighted by atomic mass is 16.5. The molecule has 4 nitrogen and oxygen atoms in total. The number of benzene rings is 1. The van der Waals surface area contributed by atoms with E-state index in [2.05, 4.69) is 16.5 Å². The molecule has 0 atom stereocenters. The van der Waals surface area contributed by atoms with Gasteiger partial charge in [-0.05, 0) is 6.07 Å². The summed E-state index contributed by atoms with van der Waals surface area (Å²) < 4.78 is 6.88. The Hall–Kier alpha value is -2.10. The summed E-state index contributed by atoms with van der Waals surface area (Å²) in [6.45, 7) is 0. The predicted octanol–water partition coefficient (Wildman–Crippen LogP) is 2.03. The molecule has 0 amide bonds.